The molecule has 230 valence electrons. The average Bonchev–Trinajstić information content (AvgIpc) is 3.03. The first-order valence-corrected chi connectivity index (χ1v) is 14.8. The third kappa shape index (κ3) is 7.42. The molecule has 5 atom stereocenters. The monoisotopic (exact) mass is 598 g/mol. The molecule has 1 amide bonds. The topological polar surface area (TPSA) is 121 Å². The van der Waals surface area contributed by atoms with Crippen LogP contribution < -0.4 is 20.7 Å². The number of carbonyl (C=O) groups excluding carboxylic acids is 1. The molecule has 44 heavy (non-hydrogen) atoms. The number of aliphatic hydroxyl groups excluding tert-OH is 2. The highest BCUT2D eigenvalue weighted by atomic mass is 19.1. The van der Waals surface area contributed by atoms with Crippen molar-refractivity contribution in [1.29, 1.82) is 0 Å². The fourth-order valence-electron chi connectivity index (χ4n) is 5.53. The Morgan fingerprint density at radius 1 is 1.02 bits per heavy atom. The number of nitrogens with zero attached hydrogens (tertiary/aromatic N) is 2. The lowest BCUT2D eigenvalue weighted by Gasteiger charge is -2.32. The van der Waals surface area contributed by atoms with E-state index in [4.69, 9.17) is 10.5 Å². The number of nitrogens with one attached hydrogen (secondary N) is 1. The lowest BCUT2D eigenvalue weighted by Crippen LogP contribution is -2.46. The summed E-state index contributed by atoms with van der Waals surface area (Å²) in [5.74, 6) is -0.161. The number of pyridine rings is 1. The smallest absolute Gasteiger partial charge is 0.224 e. The van der Waals surface area contributed by atoms with Gasteiger partial charge >= 0.3 is 0 Å². The van der Waals surface area contributed by atoms with E-state index in [1.807, 2.05) is 73.7 Å². The first kappa shape index (κ1) is 31.1. The zero-order chi connectivity index (χ0) is 31.2. The Labute approximate surface area is 257 Å². The van der Waals surface area contributed by atoms with E-state index >= 15 is 0 Å². The summed E-state index contributed by atoms with van der Waals surface area (Å²) in [6, 6.07) is 24.0. The van der Waals surface area contributed by atoms with Gasteiger partial charge in [0.2, 0.25) is 5.91 Å². The Hall–Kier alpha value is -4.31. The van der Waals surface area contributed by atoms with E-state index < -0.39 is 41.9 Å². The minimum atomic E-state index is -1.04. The average molecular weight is 599 g/mol. The molecule has 3 aromatic carbocycles. The van der Waals surface area contributed by atoms with Crippen molar-refractivity contribution in [2.75, 3.05) is 25.6 Å². The molecule has 0 unspecified atom stereocenters. The van der Waals surface area contributed by atoms with Gasteiger partial charge in [0.25, 0.3) is 0 Å². The van der Waals surface area contributed by atoms with Gasteiger partial charge in [-0.2, -0.15) is 0 Å². The molecule has 5 N–H and O–H groups in total. The molecule has 0 saturated carbocycles. The van der Waals surface area contributed by atoms with E-state index in [-0.39, 0.29) is 19.4 Å². The van der Waals surface area contributed by atoms with Gasteiger partial charge in [-0.1, -0.05) is 60.7 Å². The molecule has 0 saturated heterocycles. The lowest BCUT2D eigenvalue weighted by atomic mass is 9.88. The van der Waals surface area contributed by atoms with Gasteiger partial charge < -0.3 is 30.9 Å². The molecule has 0 spiro atoms. The third-order valence-corrected chi connectivity index (χ3v) is 8.13. The summed E-state index contributed by atoms with van der Waals surface area (Å²) in [6.07, 6.45) is 0.312. The van der Waals surface area contributed by atoms with Gasteiger partial charge in [0.05, 0.1) is 12.1 Å². The minimum Gasteiger partial charge on any atom is -0.490 e. The molecule has 0 radical (unpaired) electrons. The van der Waals surface area contributed by atoms with Crippen molar-refractivity contribution < 1.29 is 24.1 Å². The SMILES string of the molecule is CN(C)c1ccc(-c2ccc(C[C@H](N)[C@@H](O)C[C@@H](Cc3ccccc3F)C(=O)N[C@H]3c4ccccc4OC[C@H]3O)cc2)cn1. The van der Waals surface area contributed by atoms with E-state index in [9.17, 15) is 19.4 Å². The Bertz CT molecular complexity index is 1550. The standard InChI is InChI=1S/C35H39FN4O4/c1-40(2)33-16-15-25(20-38-33)23-13-11-22(12-14-23)17-29(37)30(41)19-26(18-24-7-3-5-9-28(24)36)35(43)39-34-27-8-4-6-10-32(27)44-21-31(34)42/h3-16,20,26,29-31,34,41-42H,17-19,21,37H2,1-2H3,(H,39,43)/t26-,29+,30+,31-,34+/m1/s1. The fraction of sp³-hybridized carbons (Fsp3) is 0.314. The highest BCUT2D eigenvalue weighted by molar-refractivity contribution is 5.80. The largest absolute Gasteiger partial charge is 0.490 e. The Morgan fingerprint density at radius 3 is 2.43 bits per heavy atom. The molecule has 8 nitrogen and oxygen atoms in total. The summed E-state index contributed by atoms with van der Waals surface area (Å²) >= 11 is 0. The highest BCUT2D eigenvalue weighted by Crippen LogP contribution is 2.32. The number of carbonyl (C=O) groups is 1. The van der Waals surface area contributed by atoms with Gasteiger partial charge in [-0.25, -0.2) is 9.37 Å². The Morgan fingerprint density at radius 2 is 1.73 bits per heavy atom. The predicted molar refractivity (Wildman–Crippen MR) is 169 cm³/mol. The van der Waals surface area contributed by atoms with Crippen molar-refractivity contribution in [2.24, 2.45) is 11.7 Å². The molecular weight excluding hydrogens is 559 g/mol. The number of fused-ring (bicyclic) bond motifs is 1. The zero-order valence-corrected chi connectivity index (χ0v) is 24.9. The number of nitrogens with two attached hydrogens (primary N) is 1. The number of rotatable bonds is 11. The first-order chi connectivity index (χ1) is 21.2. The molecule has 0 bridgehead atoms. The fourth-order valence-corrected chi connectivity index (χ4v) is 5.53. The molecule has 1 aliphatic heterocycles. The van der Waals surface area contributed by atoms with Crippen LogP contribution in [0.4, 0.5) is 10.2 Å². The Kier molecular flexibility index (Phi) is 9.89. The summed E-state index contributed by atoms with van der Waals surface area (Å²) in [5.41, 5.74) is 10.4. The third-order valence-electron chi connectivity index (χ3n) is 8.13. The van der Waals surface area contributed by atoms with E-state index in [0.717, 1.165) is 22.5 Å². The molecule has 1 aromatic heterocycles. The molecule has 5 rings (SSSR count). The van der Waals surface area contributed by atoms with Crippen LogP contribution in [0.15, 0.2) is 91.1 Å². The van der Waals surface area contributed by atoms with E-state index in [2.05, 4.69) is 10.3 Å². The number of aliphatic hydroxyl groups is 2. The maximum atomic E-state index is 14.6. The summed E-state index contributed by atoms with van der Waals surface area (Å²) < 4.78 is 20.2. The number of amides is 1. The number of ether oxygens (including phenoxy) is 1. The summed E-state index contributed by atoms with van der Waals surface area (Å²) in [5, 5.41) is 24.8. The van der Waals surface area contributed by atoms with Crippen LogP contribution in [0.25, 0.3) is 11.1 Å². The minimum absolute atomic E-state index is 0.0181. The van der Waals surface area contributed by atoms with Crippen molar-refractivity contribution >= 4 is 11.7 Å². The van der Waals surface area contributed by atoms with Gasteiger partial charge in [-0.15, -0.1) is 0 Å². The van der Waals surface area contributed by atoms with Crippen LogP contribution in [-0.4, -0.2) is 60.1 Å². The Balaban J connectivity index is 1.28. The molecule has 2 heterocycles. The second-order valence-electron chi connectivity index (χ2n) is 11.6. The van der Waals surface area contributed by atoms with Crippen LogP contribution in [0.3, 0.4) is 0 Å². The summed E-state index contributed by atoms with van der Waals surface area (Å²) in [6.45, 7) is 0.0319. The number of anilines is 1. The molecule has 9 heteroatoms. The highest BCUT2D eigenvalue weighted by Gasteiger charge is 2.34. The van der Waals surface area contributed by atoms with Gasteiger partial charge in [0.15, 0.2) is 0 Å². The number of hydrogen-bond donors (Lipinski definition) is 4. The molecule has 0 fully saturated rings. The maximum absolute atomic E-state index is 14.6. The van der Waals surface area contributed by atoms with Crippen LogP contribution in [0.5, 0.6) is 5.75 Å². The first-order valence-electron chi connectivity index (χ1n) is 14.8. The molecule has 0 aliphatic carbocycles. The second kappa shape index (κ2) is 14.0. The van der Waals surface area contributed by atoms with Crippen molar-refractivity contribution in [3.8, 4) is 16.9 Å². The quantitative estimate of drug-likeness (QED) is 0.206. The maximum Gasteiger partial charge on any atom is 0.224 e. The van der Waals surface area contributed by atoms with Crippen LogP contribution >= 0.6 is 0 Å². The van der Waals surface area contributed by atoms with Crippen molar-refractivity contribution in [3.63, 3.8) is 0 Å². The lowest BCUT2D eigenvalue weighted by molar-refractivity contribution is -0.128. The van der Waals surface area contributed by atoms with E-state index in [1.54, 1.807) is 30.3 Å². The predicted octanol–water partition coefficient (Wildman–Crippen LogP) is 4.04. The van der Waals surface area contributed by atoms with Gasteiger partial charge in [-0.3, -0.25) is 4.79 Å². The summed E-state index contributed by atoms with van der Waals surface area (Å²) in [4.78, 5) is 20.1. The number of aromatic nitrogens is 1. The van der Waals surface area contributed by atoms with Gasteiger partial charge in [0, 0.05) is 43.4 Å². The number of halogens is 1. The number of hydrogen-bond acceptors (Lipinski definition) is 7. The van der Waals surface area contributed by atoms with Crippen molar-refractivity contribution in [3.05, 3.63) is 114 Å². The van der Waals surface area contributed by atoms with E-state index in [0.29, 0.717) is 23.3 Å². The summed E-state index contributed by atoms with van der Waals surface area (Å²) in [7, 11) is 3.89. The van der Waals surface area contributed by atoms with Crippen molar-refractivity contribution in [1.82, 2.24) is 10.3 Å². The number of para-hydroxylation sites is 1. The van der Waals surface area contributed by atoms with Crippen molar-refractivity contribution in [2.45, 2.75) is 43.6 Å². The number of benzene rings is 3. The van der Waals surface area contributed by atoms with Crippen LogP contribution in [0, 0.1) is 11.7 Å². The van der Waals surface area contributed by atoms with E-state index in [1.165, 1.54) is 6.07 Å². The molecular formula is C35H39FN4O4. The molecule has 4 aromatic rings. The van der Waals surface area contributed by atoms with Gasteiger partial charge in [-0.05, 0) is 60.2 Å². The van der Waals surface area contributed by atoms with Crippen LogP contribution in [0.1, 0.15) is 29.2 Å². The molecule has 1 aliphatic rings. The van der Waals surface area contributed by atoms with Crippen LogP contribution in [0.2, 0.25) is 0 Å². The zero-order valence-electron chi connectivity index (χ0n) is 24.9. The van der Waals surface area contributed by atoms with Gasteiger partial charge in [0.1, 0.15) is 30.1 Å². The van der Waals surface area contributed by atoms with Crippen LogP contribution in [-0.2, 0) is 17.6 Å². The second-order valence-corrected chi connectivity index (χ2v) is 11.6. The normalized spacial score (nSPS) is 18.0.